The zero-order valence-corrected chi connectivity index (χ0v) is 11.6. The van der Waals surface area contributed by atoms with Crippen molar-refractivity contribution in [2.45, 2.75) is 25.3 Å². The van der Waals surface area contributed by atoms with Crippen molar-refractivity contribution >= 4 is 16.9 Å². The van der Waals surface area contributed by atoms with E-state index in [2.05, 4.69) is 6.58 Å². The molecule has 0 unspecified atom stereocenters. The Morgan fingerprint density at radius 1 is 1.45 bits per heavy atom. The van der Waals surface area contributed by atoms with Crippen LogP contribution in [-0.2, 0) is 6.42 Å². The summed E-state index contributed by atoms with van der Waals surface area (Å²) in [6.07, 6.45) is 4.15. The number of carboxylic acids is 1. The van der Waals surface area contributed by atoms with Crippen LogP contribution in [0.2, 0.25) is 0 Å². The van der Waals surface area contributed by atoms with Crippen LogP contribution in [0.25, 0.3) is 10.9 Å². The summed E-state index contributed by atoms with van der Waals surface area (Å²) in [7, 11) is 0. The van der Waals surface area contributed by atoms with Crippen LogP contribution in [0.15, 0.2) is 29.7 Å². The lowest BCUT2D eigenvalue weighted by atomic mass is 10.0. The van der Waals surface area contributed by atoms with Gasteiger partial charge in [0.2, 0.25) is 5.43 Å². The normalized spacial score (nSPS) is 14.3. The quantitative estimate of drug-likeness (QED) is 0.883. The number of carboxylic acid groups (broad SMARTS) is 1. The third-order valence-electron chi connectivity index (χ3n) is 3.83. The molecule has 1 aromatic carbocycles. The second-order valence-corrected chi connectivity index (χ2v) is 5.35. The number of pyridine rings is 1. The van der Waals surface area contributed by atoms with Crippen LogP contribution >= 0.6 is 0 Å². The van der Waals surface area contributed by atoms with Crippen molar-refractivity contribution in [3.8, 4) is 0 Å². The van der Waals surface area contributed by atoms with Crippen LogP contribution < -0.4 is 5.43 Å². The van der Waals surface area contributed by atoms with Crippen LogP contribution in [0.5, 0.6) is 0 Å². The molecule has 1 saturated carbocycles. The van der Waals surface area contributed by atoms with Crippen LogP contribution in [0.3, 0.4) is 0 Å². The number of benzene rings is 1. The largest absolute Gasteiger partial charge is 0.477 e. The van der Waals surface area contributed by atoms with Gasteiger partial charge in [-0.25, -0.2) is 13.6 Å². The summed E-state index contributed by atoms with van der Waals surface area (Å²) >= 11 is 0. The lowest BCUT2D eigenvalue weighted by Gasteiger charge is -2.14. The topological polar surface area (TPSA) is 59.3 Å². The summed E-state index contributed by atoms with van der Waals surface area (Å²) in [5.41, 5.74) is -1.15. The maximum atomic E-state index is 14.1. The molecule has 0 saturated heterocycles. The van der Waals surface area contributed by atoms with Gasteiger partial charge in [-0.15, -0.1) is 6.58 Å². The minimum Gasteiger partial charge on any atom is -0.477 e. The monoisotopic (exact) mass is 305 g/mol. The molecule has 114 valence electrons. The Hall–Kier alpha value is -2.50. The van der Waals surface area contributed by atoms with Crippen LogP contribution in [0, 0.1) is 11.6 Å². The molecule has 1 heterocycles. The van der Waals surface area contributed by atoms with Gasteiger partial charge in [-0.2, -0.15) is 0 Å². The lowest BCUT2D eigenvalue weighted by molar-refractivity contribution is 0.0695. The summed E-state index contributed by atoms with van der Waals surface area (Å²) in [6, 6.07) is 0.977. The third kappa shape index (κ3) is 2.11. The number of rotatable bonds is 4. The Morgan fingerprint density at radius 2 is 2.14 bits per heavy atom. The van der Waals surface area contributed by atoms with E-state index in [-0.39, 0.29) is 28.9 Å². The molecule has 4 nitrogen and oxygen atoms in total. The van der Waals surface area contributed by atoms with E-state index in [4.69, 9.17) is 0 Å². The molecule has 1 aromatic heterocycles. The lowest BCUT2D eigenvalue weighted by Crippen LogP contribution is -2.20. The number of aromatic carboxylic acids is 1. The highest BCUT2D eigenvalue weighted by Gasteiger charge is 2.28. The number of carbonyl (C=O) groups is 1. The Kier molecular flexibility index (Phi) is 3.31. The average Bonchev–Trinajstić information content (AvgIpc) is 3.28. The highest BCUT2D eigenvalue weighted by molar-refractivity contribution is 5.94. The van der Waals surface area contributed by atoms with E-state index in [0.29, 0.717) is 0 Å². The van der Waals surface area contributed by atoms with E-state index in [0.717, 1.165) is 18.9 Å². The second-order valence-electron chi connectivity index (χ2n) is 5.35. The van der Waals surface area contributed by atoms with E-state index in [1.807, 2.05) is 0 Å². The Morgan fingerprint density at radius 3 is 2.68 bits per heavy atom. The maximum absolute atomic E-state index is 14.1. The van der Waals surface area contributed by atoms with Gasteiger partial charge in [-0.3, -0.25) is 4.79 Å². The van der Waals surface area contributed by atoms with Crippen LogP contribution in [0.4, 0.5) is 8.78 Å². The summed E-state index contributed by atoms with van der Waals surface area (Å²) in [5, 5.41) is 9.12. The van der Waals surface area contributed by atoms with E-state index in [1.54, 1.807) is 4.57 Å². The molecule has 22 heavy (non-hydrogen) atoms. The van der Waals surface area contributed by atoms with Crippen molar-refractivity contribution in [3.63, 3.8) is 0 Å². The Labute approximate surface area is 124 Å². The SMILES string of the molecule is C=CCc1c(F)c(F)cc2c1c(=O)c(C(=O)O)cn2C1CC1. The first-order chi connectivity index (χ1) is 10.5. The summed E-state index contributed by atoms with van der Waals surface area (Å²) in [6.45, 7) is 3.48. The van der Waals surface area contributed by atoms with Gasteiger partial charge in [0.15, 0.2) is 11.6 Å². The van der Waals surface area contributed by atoms with Crippen molar-refractivity contribution in [2.24, 2.45) is 0 Å². The fourth-order valence-electron chi connectivity index (χ4n) is 2.67. The summed E-state index contributed by atoms with van der Waals surface area (Å²) < 4.78 is 29.5. The van der Waals surface area contributed by atoms with Crippen LogP contribution in [-0.4, -0.2) is 15.6 Å². The molecule has 0 radical (unpaired) electrons. The Balaban J connectivity index is 2.51. The number of halogens is 2. The van der Waals surface area contributed by atoms with Gasteiger partial charge in [-0.05, 0) is 19.3 Å². The molecule has 6 heteroatoms. The molecule has 1 N–H and O–H groups in total. The average molecular weight is 305 g/mol. The molecule has 3 rings (SSSR count). The number of aromatic nitrogens is 1. The number of fused-ring (bicyclic) bond motifs is 1. The molecule has 1 aliphatic rings. The van der Waals surface area contributed by atoms with Crippen molar-refractivity contribution in [1.82, 2.24) is 4.57 Å². The maximum Gasteiger partial charge on any atom is 0.341 e. The molecular weight excluding hydrogens is 292 g/mol. The van der Waals surface area contributed by atoms with Crippen LogP contribution in [0.1, 0.15) is 34.8 Å². The van der Waals surface area contributed by atoms with E-state index in [9.17, 15) is 23.5 Å². The Bertz CT molecular complexity index is 866. The fraction of sp³-hybridized carbons (Fsp3) is 0.250. The highest BCUT2D eigenvalue weighted by Crippen LogP contribution is 2.38. The molecule has 2 aromatic rings. The van der Waals surface area contributed by atoms with Crippen molar-refractivity contribution in [3.05, 3.63) is 57.9 Å². The molecule has 0 atom stereocenters. The van der Waals surface area contributed by atoms with Gasteiger partial charge in [-0.1, -0.05) is 6.08 Å². The van der Waals surface area contributed by atoms with E-state index < -0.39 is 28.6 Å². The van der Waals surface area contributed by atoms with E-state index >= 15 is 0 Å². The number of hydrogen-bond acceptors (Lipinski definition) is 2. The molecule has 0 spiro atoms. The van der Waals surface area contributed by atoms with Gasteiger partial charge in [0, 0.05) is 23.9 Å². The second kappa shape index (κ2) is 5.05. The zero-order valence-electron chi connectivity index (χ0n) is 11.6. The molecule has 0 amide bonds. The van der Waals surface area contributed by atoms with Crippen molar-refractivity contribution in [2.75, 3.05) is 0 Å². The van der Waals surface area contributed by atoms with Crippen molar-refractivity contribution in [1.29, 1.82) is 0 Å². The third-order valence-corrected chi connectivity index (χ3v) is 3.83. The van der Waals surface area contributed by atoms with Crippen molar-refractivity contribution < 1.29 is 18.7 Å². The van der Waals surface area contributed by atoms with Gasteiger partial charge in [0.05, 0.1) is 10.9 Å². The predicted molar refractivity (Wildman–Crippen MR) is 77.3 cm³/mol. The minimum absolute atomic E-state index is 0.0163. The first-order valence-corrected chi connectivity index (χ1v) is 6.85. The summed E-state index contributed by atoms with van der Waals surface area (Å²) in [4.78, 5) is 23.7. The number of hydrogen-bond donors (Lipinski definition) is 1. The first-order valence-electron chi connectivity index (χ1n) is 6.85. The number of nitrogens with zero attached hydrogens (tertiary/aromatic N) is 1. The standard InChI is InChI=1S/C16H13F2NO3/c1-2-3-9-13-12(6-11(17)14(9)18)19(8-4-5-8)7-10(15(13)20)16(21)22/h2,6-8H,1,3-5H2,(H,21,22). The fourth-order valence-corrected chi connectivity index (χ4v) is 2.67. The molecular formula is C16H13F2NO3. The van der Waals surface area contributed by atoms with Gasteiger partial charge in [0.25, 0.3) is 0 Å². The summed E-state index contributed by atoms with van der Waals surface area (Å²) in [5.74, 6) is -3.56. The molecule has 1 aliphatic carbocycles. The van der Waals surface area contributed by atoms with Gasteiger partial charge < -0.3 is 9.67 Å². The smallest absolute Gasteiger partial charge is 0.341 e. The molecule has 0 bridgehead atoms. The first kappa shape index (κ1) is 14.4. The zero-order chi connectivity index (χ0) is 16.0. The minimum atomic E-state index is -1.38. The van der Waals surface area contributed by atoms with Gasteiger partial charge >= 0.3 is 5.97 Å². The number of allylic oxidation sites excluding steroid dienone is 1. The highest BCUT2D eigenvalue weighted by atomic mass is 19.2. The molecule has 0 aliphatic heterocycles. The predicted octanol–water partition coefficient (Wildman–Crippen LogP) is 3.04. The van der Waals surface area contributed by atoms with Gasteiger partial charge in [0.1, 0.15) is 5.56 Å². The van der Waals surface area contributed by atoms with E-state index in [1.165, 1.54) is 12.3 Å². The molecule has 1 fully saturated rings.